The largest absolute Gasteiger partial charge is 0.319 e. The molecule has 3 heterocycles. The van der Waals surface area contributed by atoms with Crippen LogP contribution in [0.25, 0.3) is 22.3 Å². The molecule has 0 spiro atoms. The fourth-order valence-corrected chi connectivity index (χ4v) is 4.42. The van der Waals surface area contributed by atoms with Crippen LogP contribution in [0.2, 0.25) is 0 Å². The topological polar surface area (TPSA) is 101 Å². The highest BCUT2D eigenvalue weighted by Gasteiger charge is 2.19. The third-order valence-electron chi connectivity index (χ3n) is 6.26. The van der Waals surface area contributed by atoms with Gasteiger partial charge in [0.2, 0.25) is 0 Å². The molecule has 0 saturated heterocycles. The van der Waals surface area contributed by atoms with E-state index < -0.39 is 0 Å². The number of nitrogens with zero attached hydrogens (tertiary/aromatic N) is 6. The fourth-order valence-electron chi connectivity index (χ4n) is 4.42. The number of fused-ring (bicyclic) bond motifs is 1. The van der Waals surface area contributed by atoms with Crippen LogP contribution in [0.4, 0.5) is 5.69 Å². The second-order valence-corrected chi connectivity index (χ2v) is 8.83. The van der Waals surface area contributed by atoms with Gasteiger partial charge in [0.15, 0.2) is 0 Å². The van der Waals surface area contributed by atoms with Crippen molar-refractivity contribution in [2.45, 2.75) is 27.3 Å². The Hall–Kier alpha value is -4.77. The number of pyridine rings is 1. The van der Waals surface area contributed by atoms with Crippen LogP contribution in [0.1, 0.15) is 38.6 Å². The highest BCUT2D eigenvalue weighted by Crippen LogP contribution is 2.27. The summed E-state index contributed by atoms with van der Waals surface area (Å²) < 4.78 is 3.64. The third kappa shape index (κ3) is 4.23. The Labute approximate surface area is 208 Å². The minimum absolute atomic E-state index is 0.224. The molecule has 3 aromatic heterocycles. The summed E-state index contributed by atoms with van der Waals surface area (Å²) in [4.78, 5) is 18.4. The van der Waals surface area contributed by atoms with Gasteiger partial charge in [-0.1, -0.05) is 30.3 Å². The first-order chi connectivity index (χ1) is 17.3. The van der Waals surface area contributed by atoms with Crippen molar-refractivity contribution in [3.63, 3.8) is 0 Å². The third-order valence-corrected chi connectivity index (χ3v) is 6.26. The Morgan fingerprint density at radius 3 is 2.47 bits per heavy atom. The normalized spacial score (nSPS) is 11.0. The van der Waals surface area contributed by atoms with Crippen molar-refractivity contribution in [1.29, 1.82) is 5.26 Å². The summed E-state index contributed by atoms with van der Waals surface area (Å²) in [6.07, 6.45) is 0. The van der Waals surface area contributed by atoms with Gasteiger partial charge in [0.05, 0.1) is 63.4 Å². The number of aryl methyl sites for hydroxylation is 3. The van der Waals surface area contributed by atoms with E-state index in [9.17, 15) is 4.79 Å². The summed E-state index contributed by atoms with van der Waals surface area (Å²) in [6, 6.07) is 21.0. The number of benzene rings is 2. The van der Waals surface area contributed by atoms with Crippen LogP contribution in [-0.2, 0) is 13.6 Å². The lowest BCUT2D eigenvalue weighted by Crippen LogP contribution is -2.14. The number of aromatic nitrogens is 5. The summed E-state index contributed by atoms with van der Waals surface area (Å²) in [5, 5.41) is 22.0. The van der Waals surface area contributed by atoms with E-state index >= 15 is 0 Å². The Morgan fingerprint density at radius 1 is 1.03 bits per heavy atom. The molecule has 0 aliphatic carbocycles. The van der Waals surface area contributed by atoms with E-state index in [4.69, 9.17) is 10.2 Å². The van der Waals surface area contributed by atoms with E-state index in [-0.39, 0.29) is 5.91 Å². The summed E-state index contributed by atoms with van der Waals surface area (Å²) in [6.45, 7) is 6.29. The Kier molecular flexibility index (Phi) is 5.82. The maximum Gasteiger partial charge on any atom is 0.256 e. The number of amides is 1. The monoisotopic (exact) mass is 475 g/mol. The Morgan fingerprint density at radius 2 is 1.78 bits per heavy atom. The molecule has 1 amide bonds. The van der Waals surface area contributed by atoms with Crippen molar-refractivity contribution in [3.05, 3.63) is 94.4 Å². The van der Waals surface area contributed by atoms with Crippen molar-refractivity contribution in [2.75, 3.05) is 5.32 Å². The summed E-state index contributed by atoms with van der Waals surface area (Å²) in [5.74, 6) is -0.224. The average molecular weight is 476 g/mol. The lowest BCUT2D eigenvalue weighted by Gasteiger charge is -2.11. The van der Waals surface area contributed by atoms with Gasteiger partial charge in [0, 0.05) is 12.4 Å². The molecule has 0 saturated carbocycles. The predicted octanol–water partition coefficient (Wildman–Crippen LogP) is 4.93. The quantitative estimate of drug-likeness (QED) is 0.388. The summed E-state index contributed by atoms with van der Waals surface area (Å²) >= 11 is 0. The van der Waals surface area contributed by atoms with E-state index in [1.807, 2.05) is 81.0 Å². The number of nitriles is 1. The molecule has 0 bridgehead atoms. The van der Waals surface area contributed by atoms with Crippen molar-refractivity contribution >= 4 is 22.5 Å². The molecule has 8 nitrogen and oxygen atoms in total. The first kappa shape index (κ1) is 23.0. The number of anilines is 1. The summed E-state index contributed by atoms with van der Waals surface area (Å²) in [7, 11) is 1.87. The standard InChI is InChI=1S/C28H25N7O/c1-17-13-26(34(4)32-17)25-14-23(22-7-5-6-8-24(22)30-25)28(36)31-27-18(2)33-35(19(27)3)16-21-11-9-20(15-29)10-12-21/h5-14H,16H2,1-4H3,(H,31,36). The molecule has 5 aromatic rings. The van der Waals surface area contributed by atoms with Crippen molar-refractivity contribution in [1.82, 2.24) is 24.5 Å². The maximum atomic E-state index is 13.6. The van der Waals surface area contributed by atoms with Gasteiger partial charge in [-0.15, -0.1) is 0 Å². The average Bonchev–Trinajstić information content (AvgIpc) is 3.35. The number of carbonyl (C=O) groups excluding carboxylic acids is 1. The van der Waals surface area contributed by atoms with Gasteiger partial charge < -0.3 is 5.32 Å². The lowest BCUT2D eigenvalue weighted by molar-refractivity contribution is 0.102. The van der Waals surface area contributed by atoms with E-state index in [2.05, 4.69) is 21.6 Å². The van der Waals surface area contributed by atoms with Gasteiger partial charge in [0.1, 0.15) is 0 Å². The highest BCUT2D eigenvalue weighted by molar-refractivity contribution is 6.13. The zero-order valence-electron chi connectivity index (χ0n) is 20.6. The number of hydrogen-bond acceptors (Lipinski definition) is 5. The van der Waals surface area contributed by atoms with Crippen LogP contribution in [0.15, 0.2) is 60.7 Å². The Balaban J connectivity index is 1.49. The van der Waals surface area contributed by atoms with Gasteiger partial charge in [-0.2, -0.15) is 15.5 Å². The first-order valence-electron chi connectivity index (χ1n) is 11.6. The molecular formula is C28H25N7O. The van der Waals surface area contributed by atoms with Gasteiger partial charge in [0.25, 0.3) is 5.91 Å². The number of nitrogens with one attached hydrogen (secondary N) is 1. The summed E-state index contributed by atoms with van der Waals surface area (Å²) in [5.41, 5.74) is 7.60. The highest BCUT2D eigenvalue weighted by atomic mass is 16.1. The second kappa shape index (κ2) is 9.12. The zero-order valence-corrected chi connectivity index (χ0v) is 20.6. The maximum absolute atomic E-state index is 13.6. The minimum atomic E-state index is -0.224. The molecule has 1 N–H and O–H groups in total. The molecule has 36 heavy (non-hydrogen) atoms. The molecule has 0 radical (unpaired) electrons. The van der Waals surface area contributed by atoms with Crippen molar-refractivity contribution < 1.29 is 4.79 Å². The minimum Gasteiger partial charge on any atom is -0.319 e. The zero-order chi connectivity index (χ0) is 25.4. The van der Waals surface area contributed by atoms with Crippen LogP contribution in [-0.4, -0.2) is 30.5 Å². The molecule has 178 valence electrons. The van der Waals surface area contributed by atoms with E-state index in [1.54, 1.807) is 16.8 Å². The molecule has 5 rings (SSSR count). The number of hydrogen-bond donors (Lipinski definition) is 1. The molecule has 8 heteroatoms. The van der Waals surface area contributed by atoms with E-state index in [0.29, 0.717) is 29.1 Å². The molecule has 0 aliphatic heterocycles. The Bertz CT molecular complexity index is 1650. The predicted molar refractivity (Wildman–Crippen MR) is 139 cm³/mol. The van der Waals surface area contributed by atoms with Crippen LogP contribution in [0, 0.1) is 32.1 Å². The molecular weight excluding hydrogens is 450 g/mol. The van der Waals surface area contributed by atoms with Crippen LogP contribution in [0.5, 0.6) is 0 Å². The van der Waals surface area contributed by atoms with Crippen LogP contribution >= 0.6 is 0 Å². The molecule has 2 aromatic carbocycles. The molecule has 0 atom stereocenters. The number of rotatable bonds is 5. The van der Waals surface area contributed by atoms with Crippen LogP contribution < -0.4 is 5.32 Å². The number of carbonyl (C=O) groups is 1. The van der Waals surface area contributed by atoms with Gasteiger partial charge in [-0.05, 0) is 56.7 Å². The fraction of sp³-hybridized carbons (Fsp3) is 0.179. The van der Waals surface area contributed by atoms with E-state index in [1.165, 1.54) is 0 Å². The molecule has 0 unspecified atom stereocenters. The van der Waals surface area contributed by atoms with Crippen molar-refractivity contribution in [2.24, 2.45) is 7.05 Å². The van der Waals surface area contributed by atoms with E-state index in [0.717, 1.165) is 39.2 Å². The van der Waals surface area contributed by atoms with Gasteiger partial charge in [-0.3, -0.25) is 14.2 Å². The molecule has 0 aliphatic rings. The second-order valence-electron chi connectivity index (χ2n) is 8.83. The lowest BCUT2D eigenvalue weighted by atomic mass is 10.1. The SMILES string of the molecule is Cc1cc(-c2cc(C(=O)Nc3c(C)nn(Cc4ccc(C#N)cc4)c3C)c3ccccc3n2)n(C)n1. The number of para-hydroxylation sites is 1. The van der Waals surface area contributed by atoms with Gasteiger partial charge >= 0.3 is 0 Å². The molecule has 0 fully saturated rings. The van der Waals surface area contributed by atoms with Gasteiger partial charge in [-0.25, -0.2) is 4.98 Å². The van der Waals surface area contributed by atoms with Crippen LogP contribution in [0.3, 0.4) is 0 Å². The first-order valence-corrected chi connectivity index (χ1v) is 11.6. The smallest absolute Gasteiger partial charge is 0.256 e. The van der Waals surface area contributed by atoms with Crippen molar-refractivity contribution in [3.8, 4) is 17.5 Å².